The summed E-state index contributed by atoms with van der Waals surface area (Å²) >= 11 is 0. The monoisotopic (exact) mass is 220 g/mol. The summed E-state index contributed by atoms with van der Waals surface area (Å²) in [5.74, 6) is 1.24. The number of hydrogen-bond donors (Lipinski definition) is 3. The van der Waals surface area contributed by atoms with Crippen molar-refractivity contribution in [1.82, 2.24) is 25.3 Å². The summed E-state index contributed by atoms with van der Waals surface area (Å²) in [5.41, 5.74) is 6.81. The largest absolute Gasteiger partial charge is 0.382 e. The number of aromatic nitrogens is 4. The van der Waals surface area contributed by atoms with Gasteiger partial charge in [0.05, 0.1) is 5.54 Å². The molecule has 0 aliphatic rings. The molecule has 0 bridgehead atoms. The van der Waals surface area contributed by atoms with Crippen LogP contribution < -0.4 is 11.1 Å². The van der Waals surface area contributed by atoms with Crippen LogP contribution in [0, 0.1) is 0 Å². The zero-order valence-corrected chi connectivity index (χ0v) is 9.70. The van der Waals surface area contributed by atoms with Crippen molar-refractivity contribution in [1.29, 1.82) is 0 Å². The number of H-pyrrole nitrogens is 1. The molecular weight excluding hydrogens is 204 g/mol. The quantitative estimate of drug-likeness (QED) is 0.710. The zero-order valence-electron chi connectivity index (χ0n) is 9.70. The van der Waals surface area contributed by atoms with Crippen molar-refractivity contribution >= 4 is 17.0 Å². The zero-order chi connectivity index (χ0) is 11.8. The van der Waals surface area contributed by atoms with E-state index in [2.05, 4.69) is 46.0 Å². The summed E-state index contributed by atoms with van der Waals surface area (Å²) in [6.45, 7) is 7.03. The van der Waals surface area contributed by atoms with Gasteiger partial charge < -0.3 is 16.0 Å². The highest BCUT2D eigenvalue weighted by atomic mass is 15.1. The maximum absolute atomic E-state index is 5.74. The number of nitrogens with one attached hydrogen (secondary N) is 2. The minimum atomic E-state index is -0.234. The Kier molecular flexibility index (Phi) is 2.51. The number of aromatic amines is 1. The van der Waals surface area contributed by atoms with E-state index in [0.29, 0.717) is 17.0 Å². The predicted octanol–water partition coefficient (Wildman–Crippen LogP) is 0.780. The number of hydrogen-bond acceptors (Lipinski definition) is 5. The minimum absolute atomic E-state index is 0.234. The fourth-order valence-corrected chi connectivity index (χ4v) is 1.67. The second-order valence-corrected chi connectivity index (χ2v) is 4.20. The lowest BCUT2D eigenvalue weighted by Crippen LogP contribution is -2.37. The Morgan fingerprint density at radius 2 is 2.19 bits per heavy atom. The topological polar surface area (TPSA) is 92.5 Å². The van der Waals surface area contributed by atoms with Crippen LogP contribution in [0.1, 0.15) is 26.6 Å². The third-order valence-electron chi connectivity index (χ3n) is 2.53. The smallest absolute Gasteiger partial charge is 0.183 e. The lowest BCUT2D eigenvalue weighted by Gasteiger charge is -2.22. The van der Waals surface area contributed by atoms with Gasteiger partial charge in [0.2, 0.25) is 0 Å². The normalized spacial score (nSPS) is 12.2. The average molecular weight is 220 g/mol. The highest BCUT2D eigenvalue weighted by molar-refractivity contribution is 5.81. The standard InChI is InChI=1S/C10H16N6/c1-4-14-10(2,3)9-15-6-7(11)12-5-13-8(6)16-9/h5,14H,4H2,1-3H3,(H3,11,12,13,15,16). The minimum Gasteiger partial charge on any atom is -0.382 e. The average Bonchev–Trinajstić information content (AvgIpc) is 2.63. The molecular formula is C10H16N6. The highest BCUT2D eigenvalue weighted by Crippen LogP contribution is 2.21. The number of nitrogens with zero attached hydrogens (tertiary/aromatic N) is 3. The van der Waals surface area contributed by atoms with E-state index < -0.39 is 0 Å². The molecule has 86 valence electrons. The van der Waals surface area contributed by atoms with Crippen LogP contribution in [-0.4, -0.2) is 26.5 Å². The van der Waals surface area contributed by atoms with Gasteiger partial charge in [0.15, 0.2) is 11.5 Å². The van der Waals surface area contributed by atoms with Crippen LogP contribution in [0.3, 0.4) is 0 Å². The fourth-order valence-electron chi connectivity index (χ4n) is 1.67. The van der Waals surface area contributed by atoms with Crippen LogP contribution in [0.5, 0.6) is 0 Å². The summed E-state index contributed by atoms with van der Waals surface area (Å²) in [4.78, 5) is 15.6. The van der Waals surface area contributed by atoms with E-state index in [0.717, 1.165) is 12.4 Å². The van der Waals surface area contributed by atoms with E-state index >= 15 is 0 Å². The second-order valence-electron chi connectivity index (χ2n) is 4.20. The lowest BCUT2D eigenvalue weighted by molar-refractivity contribution is 0.395. The van der Waals surface area contributed by atoms with Gasteiger partial charge in [-0.2, -0.15) is 0 Å². The molecule has 0 radical (unpaired) electrons. The summed E-state index contributed by atoms with van der Waals surface area (Å²) in [6, 6.07) is 0. The van der Waals surface area contributed by atoms with E-state index in [1.165, 1.54) is 6.33 Å². The third kappa shape index (κ3) is 1.71. The van der Waals surface area contributed by atoms with Gasteiger partial charge in [-0.05, 0) is 20.4 Å². The molecule has 0 spiro atoms. The summed E-state index contributed by atoms with van der Waals surface area (Å²) in [6.07, 6.45) is 1.42. The molecule has 0 unspecified atom stereocenters. The molecule has 0 fully saturated rings. The van der Waals surface area contributed by atoms with Gasteiger partial charge in [-0.25, -0.2) is 15.0 Å². The first-order valence-corrected chi connectivity index (χ1v) is 5.26. The van der Waals surface area contributed by atoms with Gasteiger partial charge in [-0.1, -0.05) is 6.92 Å². The summed E-state index contributed by atoms with van der Waals surface area (Å²) < 4.78 is 0. The van der Waals surface area contributed by atoms with Gasteiger partial charge in [0, 0.05) is 0 Å². The Morgan fingerprint density at radius 1 is 1.44 bits per heavy atom. The number of rotatable bonds is 3. The van der Waals surface area contributed by atoms with Crippen molar-refractivity contribution < 1.29 is 0 Å². The van der Waals surface area contributed by atoms with Crippen LogP contribution in [0.25, 0.3) is 11.2 Å². The van der Waals surface area contributed by atoms with Crippen LogP contribution in [0.15, 0.2) is 6.33 Å². The van der Waals surface area contributed by atoms with Crippen LogP contribution in [0.2, 0.25) is 0 Å². The van der Waals surface area contributed by atoms with E-state index in [1.54, 1.807) is 0 Å². The number of fused-ring (bicyclic) bond motifs is 1. The van der Waals surface area contributed by atoms with Crippen molar-refractivity contribution in [3.05, 3.63) is 12.2 Å². The molecule has 0 aromatic carbocycles. The highest BCUT2D eigenvalue weighted by Gasteiger charge is 2.23. The number of imidazole rings is 1. The number of anilines is 1. The molecule has 16 heavy (non-hydrogen) atoms. The van der Waals surface area contributed by atoms with Crippen molar-refractivity contribution in [3.8, 4) is 0 Å². The van der Waals surface area contributed by atoms with Gasteiger partial charge in [-0.3, -0.25) is 0 Å². The van der Waals surface area contributed by atoms with Gasteiger partial charge in [0.25, 0.3) is 0 Å². The lowest BCUT2D eigenvalue weighted by atomic mass is 10.1. The van der Waals surface area contributed by atoms with E-state index in [4.69, 9.17) is 5.73 Å². The van der Waals surface area contributed by atoms with Crippen LogP contribution in [-0.2, 0) is 5.54 Å². The molecule has 2 heterocycles. The molecule has 4 N–H and O–H groups in total. The van der Waals surface area contributed by atoms with Gasteiger partial charge >= 0.3 is 0 Å². The molecule has 0 amide bonds. The molecule has 0 atom stereocenters. The third-order valence-corrected chi connectivity index (χ3v) is 2.53. The maximum Gasteiger partial charge on any atom is 0.183 e. The predicted molar refractivity (Wildman–Crippen MR) is 62.8 cm³/mol. The molecule has 0 saturated carbocycles. The van der Waals surface area contributed by atoms with Crippen LogP contribution in [0.4, 0.5) is 5.82 Å². The van der Waals surface area contributed by atoms with Gasteiger partial charge in [0.1, 0.15) is 17.7 Å². The molecule has 0 saturated heterocycles. The van der Waals surface area contributed by atoms with Crippen molar-refractivity contribution in [2.75, 3.05) is 12.3 Å². The number of nitrogen functional groups attached to an aromatic ring is 1. The first kappa shape index (κ1) is 10.8. The molecule has 2 aromatic rings. The Bertz CT molecular complexity index is 501. The Morgan fingerprint density at radius 3 is 2.81 bits per heavy atom. The SMILES string of the molecule is CCNC(C)(C)c1nc2ncnc(N)c2[nH]1. The van der Waals surface area contributed by atoms with Gasteiger partial charge in [-0.15, -0.1) is 0 Å². The second kappa shape index (κ2) is 3.71. The molecule has 2 aromatic heterocycles. The molecule has 6 heteroatoms. The summed E-state index contributed by atoms with van der Waals surface area (Å²) in [7, 11) is 0. The van der Waals surface area contributed by atoms with Crippen molar-refractivity contribution in [3.63, 3.8) is 0 Å². The summed E-state index contributed by atoms with van der Waals surface area (Å²) in [5, 5.41) is 3.34. The fraction of sp³-hybridized carbons (Fsp3) is 0.500. The Balaban J connectivity index is 2.51. The van der Waals surface area contributed by atoms with Crippen molar-refractivity contribution in [2.45, 2.75) is 26.3 Å². The first-order valence-electron chi connectivity index (χ1n) is 5.26. The Hall–Kier alpha value is -1.69. The van der Waals surface area contributed by atoms with E-state index in [9.17, 15) is 0 Å². The van der Waals surface area contributed by atoms with E-state index in [-0.39, 0.29) is 5.54 Å². The van der Waals surface area contributed by atoms with E-state index in [1.807, 2.05) is 0 Å². The van der Waals surface area contributed by atoms with Crippen LogP contribution >= 0.6 is 0 Å². The molecule has 6 nitrogen and oxygen atoms in total. The molecule has 2 rings (SSSR count). The first-order chi connectivity index (χ1) is 7.54. The number of nitrogens with two attached hydrogens (primary N) is 1. The molecule has 0 aliphatic carbocycles. The van der Waals surface area contributed by atoms with Crippen molar-refractivity contribution in [2.24, 2.45) is 0 Å². The Labute approximate surface area is 93.7 Å². The molecule has 0 aliphatic heterocycles. The maximum atomic E-state index is 5.74.